The maximum atomic E-state index is 12.2. The van der Waals surface area contributed by atoms with Crippen molar-refractivity contribution in [1.29, 1.82) is 0 Å². The third-order valence-corrected chi connectivity index (χ3v) is 4.13. The number of carbonyl (C=O) groups is 1. The Balaban J connectivity index is 1.67. The Morgan fingerprint density at radius 1 is 0.962 bits per heavy atom. The summed E-state index contributed by atoms with van der Waals surface area (Å²) < 4.78 is 12.2. The van der Waals surface area contributed by atoms with Crippen LogP contribution in [0.1, 0.15) is 0 Å². The van der Waals surface area contributed by atoms with Gasteiger partial charge in [0.25, 0.3) is 5.91 Å². The Hall–Kier alpha value is -2.50. The molecule has 26 heavy (non-hydrogen) atoms. The molecule has 0 radical (unpaired) electrons. The van der Waals surface area contributed by atoms with Crippen LogP contribution in [0.2, 0.25) is 5.02 Å². The molecule has 0 aliphatic rings. The van der Waals surface area contributed by atoms with Crippen molar-refractivity contribution >= 4 is 39.1 Å². The second kappa shape index (κ2) is 8.74. The van der Waals surface area contributed by atoms with E-state index in [9.17, 15) is 4.79 Å². The van der Waals surface area contributed by atoms with Crippen molar-refractivity contribution in [2.75, 3.05) is 11.9 Å². The zero-order chi connectivity index (χ0) is 18.4. The fourth-order valence-electron chi connectivity index (χ4n) is 2.17. The average molecular weight is 433 g/mol. The minimum absolute atomic E-state index is 0.126. The highest BCUT2D eigenvalue weighted by molar-refractivity contribution is 9.10. The Morgan fingerprint density at radius 2 is 1.69 bits per heavy atom. The van der Waals surface area contributed by atoms with E-state index >= 15 is 0 Å². The van der Waals surface area contributed by atoms with Gasteiger partial charge in [-0.1, -0.05) is 45.7 Å². The summed E-state index contributed by atoms with van der Waals surface area (Å²) in [5.74, 6) is 1.46. The van der Waals surface area contributed by atoms with Gasteiger partial charge in [-0.05, 0) is 54.6 Å². The van der Waals surface area contributed by atoms with E-state index in [0.717, 1.165) is 4.47 Å². The normalized spacial score (nSPS) is 10.2. The number of nitrogens with one attached hydrogen (secondary N) is 1. The van der Waals surface area contributed by atoms with E-state index in [1.54, 1.807) is 30.3 Å². The summed E-state index contributed by atoms with van der Waals surface area (Å²) in [6.07, 6.45) is 0. The molecule has 0 aliphatic heterocycles. The van der Waals surface area contributed by atoms with E-state index in [4.69, 9.17) is 21.1 Å². The Kier molecular flexibility index (Phi) is 6.15. The van der Waals surface area contributed by atoms with Crippen LogP contribution in [0.4, 0.5) is 5.69 Å². The Bertz CT molecular complexity index is 885. The van der Waals surface area contributed by atoms with Crippen molar-refractivity contribution in [2.45, 2.75) is 0 Å². The largest absolute Gasteiger partial charge is 0.484 e. The molecule has 0 spiro atoms. The van der Waals surface area contributed by atoms with Crippen LogP contribution in [0.15, 0.2) is 77.3 Å². The average Bonchev–Trinajstić information content (AvgIpc) is 2.64. The Morgan fingerprint density at radius 3 is 2.42 bits per heavy atom. The first kappa shape index (κ1) is 18.3. The lowest BCUT2D eigenvalue weighted by Gasteiger charge is -2.13. The molecule has 0 saturated heterocycles. The highest BCUT2D eigenvalue weighted by atomic mass is 79.9. The molecular weight excluding hydrogens is 418 g/mol. The zero-order valence-electron chi connectivity index (χ0n) is 13.6. The van der Waals surface area contributed by atoms with Gasteiger partial charge < -0.3 is 14.8 Å². The highest BCUT2D eigenvalue weighted by Crippen LogP contribution is 2.32. The third-order valence-electron chi connectivity index (χ3n) is 3.37. The van der Waals surface area contributed by atoms with Crippen LogP contribution in [-0.2, 0) is 4.79 Å². The molecule has 132 valence electrons. The monoisotopic (exact) mass is 431 g/mol. The molecule has 4 nitrogen and oxygen atoms in total. The van der Waals surface area contributed by atoms with Crippen LogP contribution in [0.25, 0.3) is 0 Å². The second-order valence-corrected chi connectivity index (χ2v) is 6.70. The molecule has 0 saturated carbocycles. The van der Waals surface area contributed by atoms with E-state index in [1.165, 1.54) is 0 Å². The van der Waals surface area contributed by atoms with Crippen molar-refractivity contribution < 1.29 is 14.3 Å². The minimum atomic E-state index is -0.312. The number of ether oxygens (including phenoxy) is 2. The Labute approximate surface area is 164 Å². The molecule has 0 fully saturated rings. The molecule has 1 N–H and O–H groups in total. The van der Waals surface area contributed by atoms with Crippen LogP contribution in [-0.4, -0.2) is 12.5 Å². The number of anilines is 1. The van der Waals surface area contributed by atoms with Crippen molar-refractivity contribution in [3.63, 3.8) is 0 Å². The lowest BCUT2D eigenvalue weighted by atomic mass is 10.2. The lowest BCUT2D eigenvalue weighted by molar-refractivity contribution is -0.118. The van der Waals surface area contributed by atoms with E-state index in [1.807, 2.05) is 42.5 Å². The summed E-state index contributed by atoms with van der Waals surface area (Å²) in [4.78, 5) is 12.2. The SMILES string of the molecule is O=C(COc1ccc(Br)cc1)Nc1cc(Cl)ccc1Oc1ccccc1. The van der Waals surface area contributed by atoms with Crippen molar-refractivity contribution in [3.8, 4) is 17.2 Å². The van der Waals surface area contributed by atoms with Gasteiger partial charge in [0.15, 0.2) is 12.4 Å². The van der Waals surface area contributed by atoms with Gasteiger partial charge in [0.05, 0.1) is 5.69 Å². The number of carbonyl (C=O) groups excluding carboxylic acids is 1. The molecule has 0 aromatic heterocycles. The number of rotatable bonds is 6. The molecule has 0 unspecified atom stereocenters. The van der Waals surface area contributed by atoms with Gasteiger partial charge in [-0.3, -0.25) is 4.79 Å². The van der Waals surface area contributed by atoms with E-state index in [2.05, 4.69) is 21.2 Å². The molecule has 3 aromatic carbocycles. The zero-order valence-corrected chi connectivity index (χ0v) is 16.0. The summed E-state index contributed by atoms with van der Waals surface area (Å²) in [7, 11) is 0. The molecule has 3 aromatic rings. The van der Waals surface area contributed by atoms with Crippen LogP contribution >= 0.6 is 27.5 Å². The first-order valence-electron chi connectivity index (χ1n) is 7.81. The van der Waals surface area contributed by atoms with Crippen molar-refractivity contribution in [2.24, 2.45) is 0 Å². The first-order chi connectivity index (χ1) is 12.6. The molecule has 0 heterocycles. The molecular formula is C20H15BrClNO3. The summed E-state index contributed by atoms with van der Waals surface area (Å²) in [6.45, 7) is -0.126. The molecule has 3 rings (SSSR count). The van der Waals surface area contributed by atoms with Crippen LogP contribution in [0.3, 0.4) is 0 Å². The smallest absolute Gasteiger partial charge is 0.262 e. The molecule has 0 atom stereocenters. The van der Waals surface area contributed by atoms with E-state index in [0.29, 0.717) is 28.0 Å². The predicted molar refractivity (Wildman–Crippen MR) is 106 cm³/mol. The van der Waals surface area contributed by atoms with Crippen LogP contribution in [0, 0.1) is 0 Å². The number of hydrogen-bond acceptors (Lipinski definition) is 3. The van der Waals surface area contributed by atoms with Crippen molar-refractivity contribution in [1.82, 2.24) is 0 Å². The summed E-state index contributed by atoms with van der Waals surface area (Å²) in [5.41, 5.74) is 0.478. The molecule has 0 aliphatic carbocycles. The highest BCUT2D eigenvalue weighted by Gasteiger charge is 2.11. The number of para-hydroxylation sites is 1. The first-order valence-corrected chi connectivity index (χ1v) is 8.98. The van der Waals surface area contributed by atoms with Crippen LogP contribution < -0.4 is 14.8 Å². The number of hydrogen-bond donors (Lipinski definition) is 1. The van der Waals surface area contributed by atoms with E-state index < -0.39 is 0 Å². The van der Waals surface area contributed by atoms with Gasteiger partial charge in [0, 0.05) is 9.50 Å². The summed E-state index contributed by atoms with van der Waals surface area (Å²) in [6, 6.07) is 21.6. The van der Waals surface area contributed by atoms with Gasteiger partial charge in [-0.2, -0.15) is 0 Å². The standard InChI is InChI=1S/C20H15BrClNO3/c21-14-6-9-16(10-7-14)25-13-20(24)23-18-12-15(22)8-11-19(18)26-17-4-2-1-3-5-17/h1-12H,13H2,(H,23,24). The minimum Gasteiger partial charge on any atom is -0.484 e. The topological polar surface area (TPSA) is 47.6 Å². The van der Waals surface area contributed by atoms with Gasteiger partial charge in [0.2, 0.25) is 0 Å². The number of benzene rings is 3. The summed E-state index contributed by atoms with van der Waals surface area (Å²) in [5, 5.41) is 3.27. The fraction of sp³-hybridized carbons (Fsp3) is 0.0500. The predicted octanol–water partition coefficient (Wildman–Crippen LogP) is 5.91. The summed E-state index contributed by atoms with van der Waals surface area (Å²) >= 11 is 9.40. The second-order valence-electron chi connectivity index (χ2n) is 5.35. The molecule has 6 heteroatoms. The molecule has 1 amide bonds. The quantitative estimate of drug-likeness (QED) is 0.526. The van der Waals surface area contributed by atoms with Crippen molar-refractivity contribution in [3.05, 3.63) is 82.3 Å². The van der Waals surface area contributed by atoms with Gasteiger partial charge in [-0.15, -0.1) is 0 Å². The lowest BCUT2D eigenvalue weighted by Crippen LogP contribution is -2.20. The number of halogens is 2. The number of amides is 1. The maximum Gasteiger partial charge on any atom is 0.262 e. The fourth-order valence-corrected chi connectivity index (χ4v) is 2.61. The maximum absolute atomic E-state index is 12.2. The van der Waals surface area contributed by atoms with E-state index in [-0.39, 0.29) is 12.5 Å². The van der Waals surface area contributed by atoms with Gasteiger partial charge >= 0.3 is 0 Å². The van der Waals surface area contributed by atoms with Gasteiger partial charge in [-0.25, -0.2) is 0 Å². The van der Waals surface area contributed by atoms with Crippen LogP contribution in [0.5, 0.6) is 17.2 Å². The van der Waals surface area contributed by atoms with Gasteiger partial charge in [0.1, 0.15) is 11.5 Å². The molecule has 0 bridgehead atoms. The third kappa shape index (κ3) is 5.25.